The Bertz CT molecular complexity index is 1090. The van der Waals surface area contributed by atoms with Gasteiger partial charge in [-0.05, 0) is 43.0 Å². The maximum atomic E-state index is 13.1. The Morgan fingerprint density at radius 1 is 0.964 bits per heavy atom. The SMILES string of the molecule is O=C(C1CCN(C2=NS(=O)(=O)c3ccccc32)CC1)N1CCc2ccccc21. The van der Waals surface area contributed by atoms with Crippen molar-refractivity contribution in [2.24, 2.45) is 10.3 Å². The van der Waals surface area contributed by atoms with Crippen molar-refractivity contribution < 1.29 is 13.2 Å². The number of rotatable bonds is 1. The molecule has 6 nitrogen and oxygen atoms in total. The fourth-order valence-corrected chi connectivity index (χ4v) is 5.67. The van der Waals surface area contributed by atoms with E-state index >= 15 is 0 Å². The number of piperidine rings is 1. The highest BCUT2D eigenvalue weighted by atomic mass is 32.2. The predicted octanol–water partition coefficient (Wildman–Crippen LogP) is 2.44. The minimum atomic E-state index is -3.61. The molecule has 0 atom stereocenters. The van der Waals surface area contributed by atoms with Crippen LogP contribution in [0.5, 0.6) is 0 Å². The lowest BCUT2D eigenvalue weighted by Crippen LogP contribution is -2.44. The van der Waals surface area contributed by atoms with Crippen molar-refractivity contribution in [2.45, 2.75) is 24.2 Å². The Morgan fingerprint density at radius 3 is 2.50 bits per heavy atom. The number of amidine groups is 1. The maximum absolute atomic E-state index is 13.1. The van der Waals surface area contributed by atoms with E-state index in [2.05, 4.69) is 10.5 Å². The van der Waals surface area contributed by atoms with Gasteiger partial charge in [-0.1, -0.05) is 30.3 Å². The predicted molar refractivity (Wildman–Crippen MR) is 107 cm³/mol. The van der Waals surface area contributed by atoms with Gasteiger partial charge in [0.2, 0.25) is 5.91 Å². The van der Waals surface area contributed by atoms with Crippen LogP contribution in [0.1, 0.15) is 24.0 Å². The Hall–Kier alpha value is -2.67. The number of fused-ring (bicyclic) bond motifs is 2. The summed E-state index contributed by atoms with van der Waals surface area (Å²) in [5, 5.41) is 0. The molecule has 0 aromatic heterocycles. The Kier molecular flexibility index (Phi) is 4.01. The minimum Gasteiger partial charge on any atom is -0.355 e. The molecular weight excluding hydrogens is 374 g/mol. The second-order valence-corrected chi connectivity index (χ2v) is 9.09. The highest BCUT2D eigenvalue weighted by molar-refractivity contribution is 7.90. The van der Waals surface area contributed by atoms with Crippen LogP contribution in [0, 0.1) is 5.92 Å². The van der Waals surface area contributed by atoms with Gasteiger partial charge in [0, 0.05) is 36.8 Å². The molecule has 28 heavy (non-hydrogen) atoms. The van der Waals surface area contributed by atoms with Crippen LogP contribution in [-0.2, 0) is 21.2 Å². The molecule has 0 spiro atoms. The molecule has 144 valence electrons. The lowest BCUT2D eigenvalue weighted by molar-refractivity contribution is -0.123. The first-order valence-electron chi connectivity index (χ1n) is 9.63. The molecule has 5 rings (SSSR count). The lowest BCUT2D eigenvalue weighted by atomic mass is 9.94. The molecule has 1 amide bonds. The van der Waals surface area contributed by atoms with Gasteiger partial charge >= 0.3 is 0 Å². The minimum absolute atomic E-state index is 0.0312. The molecule has 3 aliphatic rings. The van der Waals surface area contributed by atoms with Gasteiger partial charge in [-0.2, -0.15) is 8.42 Å². The monoisotopic (exact) mass is 395 g/mol. The van der Waals surface area contributed by atoms with Crippen molar-refractivity contribution in [1.29, 1.82) is 0 Å². The number of nitrogens with zero attached hydrogens (tertiary/aromatic N) is 3. The molecule has 0 radical (unpaired) electrons. The van der Waals surface area contributed by atoms with E-state index in [1.165, 1.54) is 5.56 Å². The van der Waals surface area contributed by atoms with Crippen molar-refractivity contribution in [2.75, 3.05) is 24.5 Å². The van der Waals surface area contributed by atoms with Gasteiger partial charge < -0.3 is 9.80 Å². The van der Waals surface area contributed by atoms with Gasteiger partial charge in [-0.15, -0.1) is 4.40 Å². The zero-order valence-electron chi connectivity index (χ0n) is 15.4. The molecule has 0 bridgehead atoms. The van der Waals surface area contributed by atoms with Gasteiger partial charge in [0.05, 0.1) is 0 Å². The normalized spacial score (nSPS) is 20.6. The van der Waals surface area contributed by atoms with Crippen molar-refractivity contribution in [1.82, 2.24) is 4.90 Å². The highest BCUT2D eigenvalue weighted by Gasteiger charge is 2.36. The van der Waals surface area contributed by atoms with Crippen LogP contribution in [0.3, 0.4) is 0 Å². The summed E-state index contributed by atoms with van der Waals surface area (Å²) in [4.78, 5) is 17.3. The second kappa shape index (κ2) is 6.44. The van der Waals surface area contributed by atoms with E-state index in [-0.39, 0.29) is 16.7 Å². The number of hydrogen-bond donors (Lipinski definition) is 0. The smallest absolute Gasteiger partial charge is 0.285 e. The Labute approximate surface area is 164 Å². The van der Waals surface area contributed by atoms with Crippen molar-refractivity contribution in [3.8, 4) is 0 Å². The first-order chi connectivity index (χ1) is 13.5. The largest absolute Gasteiger partial charge is 0.355 e. The van der Waals surface area contributed by atoms with Gasteiger partial charge in [0.1, 0.15) is 4.90 Å². The third kappa shape index (κ3) is 2.73. The summed E-state index contributed by atoms with van der Waals surface area (Å²) < 4.78 is 28.6. The maximum Gasteiger partial charge on any atom is 0.285 e. The Morgan fingerprint density at radius 2 is 1.68 bits per heavy atom. The third-order valence-corrected chi connectivity index (χ3v) is 7.23. The molecule has 2 aromatic rings. The van der Waals surface area contributed by atoms with Crippen LogP contribution < -0.4 is 4.90 Å². The number of benzene rings is 2. The molecule has 1 fully saturated rings. The molecule has 2 aromatic carbocycles. The lowest BCUT2D eigenvalue weighted by Gasteiger charge is -2.34. The van der Waals surface area contributed by atoms with Crippen LogP contribution in [0.2, 0.25) is 0 Å². The first kappa shape index (κ1) is 17.4. The molecular formula is C21H21N3O3S. The summed E-state index contributed by atoms with van der Waals surface area (Å²) in [5.41, 5.74) is 2.94. The average molecular weight is 395 g/mol. The molecule has 3 aliphatic heterocycles. The summed E-state index contributed by atoms with van der Waals surface area (Å²) >= 11 is 0. The first-order valence-corrected chi connectivity index (χ1v) is 11.1. The van der Waals surface area contributed by atoms with E-state index in [1.807, 2.05) is 34.1 Å². The summed E-state index contributed by atoms with van der Waals surface area (Å²) in [6.45, 7) is 2.01. The number of likely N-dealkylation sites (tertiary alicyclic amines) is 1. The van der Waals surface area contributed by atoms with E-state index < -0.39 is 10.0 Å². The number of carbonyl (C=O) groups is 1. The molecule has 7 heteroatoms. The molecule has 0 aliphatic carbocycles. The molecule has 0 unspecified atom stereocenters. The molecule has 0 N–H and O–H groups in total. The summed E-state index contributed by atoms with van der Waals surface area (Å²) in [5.74, 6) is 0.676. The van der Waals surface area contributed by atoms with E-state index in [9.17, 15) is 13.2 Å². The van der Waals surface area contributed by atoms with E-state index in [0.29, 0.717) is 37.3 Å². The fourth-order valence-electron chi connectivity index (χ4n) is 4.44. The van der Waals surface area contributed by atoms with E-state index in [0.717, 1.165) is 18.7 Å². The van der Waals surface area contributed by atoms with Crippen molar-refractivity contribution >= 4 is 27.5 Å². The van der Waals surface area contributed by atoms with Gasteiger partial charge in [-0.25, -0.2) is 0 Å². The average Bonchev–Trinajstić information content (AvgIpc) is 3.27. The topological polar surface area (TPSA) is 70.0 Å². The van der Waals surface area contributed by atoms with Crippen molar-refractivity contribution in [3.05, 3.63) is 59.7 Å². The quantitative estimate of drug-likeness (QED) is 0.744. The number of carbonyl (C=O) groups excluding carboxylic acids is 1. The van der Waals surface area contributed by atoms with Crippen LogP contribution >= 0.6 is 0 Å². The number of para-hydroxylation sites is 1. The number of sulfonamides is 1. The van der Waals surface area contributed by atoms with Gasteiger partial charge in [-0.3, -0.25) is 4.79 Å². The highest BCUT2D eigenvalue weighted by Crippen LogP contribution is 2.33. The zero-order valence-corrected chi connectivity index (χ0v) is 16.2. The Balaban J connectivity index is 1.31. The molecule has 0 saturated carbocycles. The number of hydrogen-bond acceptors (Lipinski definition) is 4. The third-order valence-electron chi connectivity index (χ3n) is 5.91. The van der Waals surface area contributed by atoms with Gasteiger partial charge in [0.25, 0.3) is 10.0 Å². The van der Waals surface area contributed by atoms with Crippen LogP contribution in [0.15, 0.2) is 57.8 Å². The zero-order chi connectivity index (χ0) is 19.3. The standard InChI is InChI=1S/C21H21N3O3S/c25-21(24-14-11-15-5-1-3-7-18(15)24)16-9-12-23(13-10-16)20-17-6-2-4-8-19(17)28(26,27)22-20/h1-8,16H,9-14H2. The summed E-state index contributed by atoms with van der Waals surface area (Å²) in [6.07, 6.45) is 2.32. The van der Waals surface area contributed by atoms with E-state index in [1.54, 1.807) is 18.2 Å². The molecule has 1 saturated heterocycles. The fraction of sp³-hybridized carbons (Fsp3) is 0.333. The number of anilines is 1. The summed E-state index contributed by atoms with van der Waals surface area (Å²) in [7, 11) is -3.61. The number of amides is 1. The summed E-state index contributed by atoms with van der Waals surface area (Å²) in [6, 6.07) is 15.0. The second-order valence-electron chi connectivity index (χ2n) is 7.52. The molecule has 3 heterocycles. The van der Waals surface area contributed by atoms with E-state index in [4.69, 9.17) is 0 Å². The van der Waals surface area contributed by atoms with Crippen LogP contribution in [-0.4, -0.2) is 44.7 Å². The van der Waals surface area contributed by atoms with Crippen LogP contribution in [0.4, 0.5) is 5.69 Å². The van der Waals surface area contributed by atoms with Crippen LogP contribution in [0.25, 0.3) is 0 Å². The van der Waals surface area contributed by atoms with Gasteiger partial charge in [0.15, 0.2) is 5.84 Å². The van der Waals surface area contributed by atoms with Crippen molar-refractivity contribution in [3.63, 3.8) is 0 Å².